The molecule has 6 heteroatoms. The highest BCUT2D eigenvalue weighted by atomic mass is 32.2. The summed E-state index contributed by atoms with van der Waals surface area (Å²) in [5.74, 6) is -1.31. The lowest BCUT2D eigenvalue weighted by Crippen LogP contribution is -2.39. The molecule has 1 heterocycles. The Kier molecular flexibility index (Phi) is 4.20. The second-order valence-electron chi connectivity index (χ2n) is 5.65. The molecule has 0 bridgehead atoms. The second kappa shape index (κ2) is 6.12. The van der Waals surface area contributed by atoms with Crippen molar-refractivity contribution in [1.29, 1.82) is 0 Å². The number of rotatable bonds is 4. The number of nitrogens with zero attached hydrogens (tertiary/aromatic N) is 1. The van der Waals surface area contributed by atoms with Crippen LogP contribution in [0.5, 0.6) is 0 Å². The standard InChI is InChI=1S/C16H17NO4S/c18-14-9-13(15(19)17(14)10-5-1-2-6-10)22-12-8-4-3-7-11(12)16(20)21/h3-4,7-8,10,13H,1-2,5-6,9H2,(H,20,21)/t13-/m0/s1. The fourth-order valence-electron chi connectivity index (χ4n) is 3.16. The molecule has 5 nitrogen and oxygen atoms in total. The summed E-state index contributed by atoms with van der Waals surface area (Å²) in [7, 11) is 0. The summed E-state index contributed by atoms with van der Waals surface area (Å²) in [6, 6.07) is 6.63. The van der Waals surface area contributed by atoms with Crippen molar-refractivity contribution in [1.82, 2.24) is 4.90 Å². The van der Waals surface area contributed by atoms with E-state index in [1.54, 1.807) is 18.2 Å². The molecule has 0 unspecified atom stereocenters. The number of benzene rings is 1. The molecule has 1 atom stereocenters. The van der Waals surface area contributed by atoms with Crippen LogP contribution < -0.4 is 0 Å². The molecule has 2 aliphatic rings. The highest BCUT2D eigenvalue weighted by Gasteiger charge is 2.43. The van der Waals surface area contributed by atoms with E-state index in [-0.39, 0.29) is 29.8 Å². The summed E-state index contributed by atoms with van der Waals surface area (Å²) in [4.78, 5) is 37.9. The number of carbonyl (C=O) groups excluding carboxylic acids is 2. The SMILES string of the molecule is O=C(O)c1ccccc1S[C@H]1CC(=O)N(C2CCCC2)C1=O. The zero-order chi connectivity index (χ0) is 15.7. The summed E-state index contributed by atoms with van der Waals surface area (Å²) < 4.78 is 0. The van der Waals surface area contributed by atoms with Gasteiger partial charge in [-0.3, -0.25) is 14.5 Å². The fraction of sp³-hybridized carbons (Fsp3) is 0.438. The topological polar surface area (TPSA) is 74.7 Å². The fourth-order valence-corrected chi connectivity index (χ4v) is 4.35. The van der Waals surface area contributed by atoms with E-state index in [0.717, 1.165) is 25.7 Å². The maximum absolute atomic E-state index is 12.5. The van der Waals surface area contributed by atoms with Gasteiger partial charge in [-0.25, -0.2) is 4.79 Å². The van der Waals surface area contributed by atoms with Gasteiger partial charge < -0.3 is 5.11 Å². The third-order valence-corrected chi connectivity index (χ3v) is 5.48. The van der Waals surface area contributed by atoms with Crippen molar-refractivity contribution in [3.05, 3.63) is 29.8 Å². The molecule has 0 spiro atoms. The molecule has 1 aromatic rings. The minimum atomic E-state index is -1.02. The Morgan fingerprint density at radius 3 is 2.55 bits per heavy atom. The first kappa shape index (κ1) is 15.1. The summed E-state index contributed by atoms with van der Waals surface area (Å²) in [5.41, 5.74) is 0.173. The van der Waals surface area contributed by atoms with Crippen LogP contribution >= 0.6 is 11.8 Å². The van der Waals surface area contributed by atoms with Gasteiger partial charge >= 0.3 is 5.97 Å². The Bertz CT molecular complexity index is 624. The van der Waals surface area contributed by atoms with Gasteiger partial charge in [0.1, 0.15) is 0 Å². The lowest BCUT2D eigenvalue weighted by molar-refractivity contribution is -0.140. The Morgan fingerprint density at radius 2 is 1.86 bits per heavy atom. The zero-order valence-corrected chi connectivity index (χ0v) is 12.8. The van der Waals surface area contributed by atoms with Crippen LogP contribution in [-0.4, -0.2) is 39.1 Å². The predicted molar refractivity (Wildman–Crippen MR) is 81.8 cm³/mol. The lowest BCUT2D eigenvalue weighted by Gasteiger charge is -2.22. The van der Waals surface area contributed by atoms with Crippen LogP contribution in [0.25, 0.3) is 0 Å². The van der Waals surface area contributed by atoms with Gasteiger partial charge in [0.2, 0.25) is 11.8 Å². The lowest BCUT2D eigenvalue weighted by atomic mass is 10.2. The van der Waals surface area contributed by atoms with Crippen molar-refractivity contribution >= 4 is 29.5 Å². The number of thioether (sulfide) groups is 1. The largest absolute Gasteiger partial charge is 0.478 e. The van der Waals surface area contributed by atoms with E-state index in [9.17, 15) is 19.5 Å². The first-order chi connectivity index (χ1) is 10.6. The molecule has 2 fully saturated rings. The van der Waals surface area contributed by atoms with Gasteiger partial charge in [0, 0.05) is 17.4 Å². The average Bonchev–Trinajstić information content (AvgIpc) is 3.08. The summed E-state index contributed by atoms with van der Waals surface area (Å²) >= 11 is 1.19. The van der Waals surface area contributed by atoms with Crippen molar-refractivity contribution < 1.29 is 19.5 Å². The van der Waals surface area contributed by atoms with Crippen molar-refractivity contribution in [3.8, 4) is 0 Å². The number of hydrogen-bond acceptors (Lipinski definition) is 4. The normalized spacial score (nSPS) is 22.5. The second-order valence-corrected chi connectivity index (χ2v) is 6.90. The first-order valence-electron chi connectivity index (χ1n) is 7.43. The minimum Gasteiger partial charge on any atom is -0.478 e. The van der Waals surface area contributed by atoms with Gasteiger partial charge in [0.05, 0.1) is 10.8 Å². The van der Waals surface area contributed by atoms with Gasteiger partial charge in [-0.15, -0.1) is 11.8 Å². The smallest absolute Gasteiger partial charge is 0.336 e. The Labute approximate surface area is 132 Å². The number of carboxylic acids is 1. The van der Waals surface area contributed by atoms with Crippen LogP contribution in [-0.2, 0) is 9.59 Å². The quantitative estimate of drug-likeness (QED) is 0.863. The third kappa shape index (κ3) is 2.75. The monoisotopic (exact) mass is 319 g/mol. The number of amides is 2. The number of imide groups is 1. The number of likely N-dealkylation sites (tertiary alicyclic amines) is 1. The molecule has 3 rings (SSSR count). The van der Waals surface area contributed by atoms with Crippen molar-refractivity contribution in [2.45, 2.75) is 48.3 Å². The predicted octanol–water partition coefficient (Wildman–Crippen LogP) is 2.55. The summed E-state index contributed by atoms with van der Waals surface area (Å²) in [6.07, 6.45) is 4.05. The van der Waals surface area contributed by atoms with E-state index >= 15 is 0 Å². The molecule has 22 heavy (non-hydrogen) atoms. The Hall–Kier alpha value is -1.82. The van der Waals surface area contributed by atoms with Gasteiger partial charge in [-0.05, 0) is 25.0 Å². The number of hydrogen-bond donors (Lipinski definition) is 1. The van der Waals surface area contributed by atoms with Crippen LogP contribution in [0.1, 0.15) is 42.5 Å². The van der Waals surface area contributed by atoms with Crippen molar-refractivity contribution in [2.75, 3.05) is 0 Å². The van der Waals surface area contributed by atoms with Crippen LogP contribution in [0, 0.1) is 0 Å². The van der Waals surface area contributed by atoms with E-state index in [0.29, 0.717) is 4.90 Å². The summed E-state index contributed by atoms with van der Waals surface area (Å²) in [5, 5.41) is 8.70. The van der Waals surface area contributed by atoms with E-state index in [1.807, 2.05) is 0 Å². The van der Waals surface area contributed by atoms with Crippen LogP contribution in [0.3, 0.4) is 0 Å². The number of aromatic carboxylic acids is 1. The highest BCUT2D eigenvalue weighted by Crippen LogP contribution is 2.36. The molecule has 1 saturated carbocycles. The summed E-state index contributed by atoms with van der Waals surface area (Å²) in [6.45, 7) is 0. The molecule has 2 amide bonds. The number of carbonyl (C=O) groups is 3. The zero-order valence-electron chi connectivity index (χ0n) is 12.0. The molecule has 0 radical (unpaired) electrons. The minimum absolute atomic E-state index is 0.0420. The molecule has 1 aromatic carbocycles. The number of carboxylic acid groups (broad SMARTS) is 1. The Balaban J connectivity index is 1.78. The van der Waals surface area contributed by atoms with Crippen LogP contribution in [0.15, 0.2) is 29.2 Å². The average molecular weight is 319 g/mol. The van der Waals surface area contributed by atoms with Gasteiger partial charge in [0.15, 0.2) is 0 Å². The molecular formula is C16H17NO4S. The molecule has 1 aliphatic heterocycles. The highest BCUT2D eigenvalue weighted by molar-refractivity contribution is 8.00. The molecule has 1 saturated heterocycles. The third-order valence-electron chi connectivity index (χ3n) is 4.22. The van der Waals surface area contributed by atoms with E-state index < -0.39 is 11.2 Å². The van der Waals surface area contributed by atoms with Crippen molar-refractivity contribution in [3.63, 3.8) is 0 Å². The Morgan fingerprint density at radius 1 is 1.18 bits per heavy atom. The first-order valence-corrected chi connectivity index (χ1v) is 8.31. The van der Waals surface area contributed by atoms with Crippen LogP contribution in [0.4, 0.5) is 0 Å². The van der Waals surface area contributed by atoms with Gasteiger partial charge in [-0.1, -0.05) is 25.0 Å². The molecule has 1 aliphatic carbocycles. The maximum Gasteiger partial charge on any atom is 0.336 e. The van der Waals surface area contributed by atoms with Crippen LogP contribution in [0.2, 0.25) is 0 Å². The molecular weight excluding hydrogens is 302 g/mol. The van der Waals surface area contributed by atoms with Gasteiger partial charge in [-0.2, -0.15) is 0 Å². The van der Waals surface area contributed by atoms with E-state index in [1.165, 1.54) is 22.7 Å². The maximum atomic E-state index is 12.5. The van der Waals surface area contributed by atoms with Crippen molar-refractivity contribution in [2.24, 2.45) is 0 Å². The van der Waals surface area contributed by atoms with Gasteiger partial charge in [0.25, 0.3) is 0 Å². The molecule has 116 valence electrons. The molecule has 1 N–H and O–H groups in total. The van der Waals surface area contributed by atoms with E-state index in [2.05, 4.69) is 0 Å². The van der Waals surface area contributed by atoms with E-state index in [4.69, 9.17) is 0 Å². The molecule has 0 aromatic heterocycles.